The lowest BCUT2D eigenvalue weighted by Crippen LogP contribution is -2.26. The molecule has 0 spiro atoms. The van der Waals surface area contributed by atoms with Gasteiger partial charge in [-0.2, -0.15) is 5.10 Å². The zero-order valence-corrected chi connectivity index (χ0v) is 17.2. The van der Waals surface area contributed by atoms with Crippen molar-refractivity contribution in [2.24, 2.45) is 0 Å². The number of aromatic nitrogens is 4. The van der Waals surface area contributed by atoms with E-state index in [2.05, 4.69) is 20.5 Å². The lowest BCUT2D eigenvalue weighted by Gasteiger charge is -2.12. The van der Waals surface area contributed by atoms with Gasteiger partial charge in [0.05, 0.1) is 17.6 Å². The second kappa shape index (κ2) is 8.68. The molecule has 0 radical (unpaired) electrons. The smallest absolute Gasteiger partial charge is 0.269 e. The number of fused-ring (bicyclic) bond motifs is 1. The van der Waals surface area contributed by atoms with Gasteiger partial charge in [0.1, 0.15) is 5.39 Å². The van der Waals surface area contributed by atoms with Gasteiger partial charge in [-0.1, -0.05) is 41.6 Å². The van der Waals surface area contributed by atoms with Crippen LogP contribution in [0.25, 0.3) is 16.7 Å². The standard InChI is InChI=1S/C21H17F2N5O2S/c1-12-2-4-13(5-3-12)9-24-18(29)11-31-21-26-19-15(10-25-27-19)20(30)28(21)14-6-7-16(22)17(23)8-14/h2-8,10H,9,11H2,1H3,(H,24,29)(H,25,27). The maximum absolute atomic E-state index is 13.8. The van der Waals surface area contributed by atoms with E-state index < -0.39 is 17.2 Å². The second-order valence-electron chi connectivity index (χ2n) is 6.82. The van der Waals surface area contributed by atoms with Crippen LogP contribution < -0.4 is 10.9 Å². The summed E-state index contributed by atoms with van der Waals surface area (Å²) in [6, 6.07) is 10.9. The minimum Gasteiger partial charge on any atom is -0.351 e. The molecule has 2 heterocycles. The van der Waals surface area contributed by atoms with E-state index in [0.29, 0.717) is 6.54 Å². The Morgan fingerprint density at radius 1 is 1.16 bits per heavy atom. The number of halogens is 2. The third-order valence-corrected chi connectivity index (χ3v) is 5.49. The van der Waals surface area contributed by atoms with E-state index in [1.807, 2.05) is 31.2 Å². The van der Waals surface area contributed by atoms with Gasteiger partial charge in [0.25, 0.3) is 5.56 Å². The van der Waals surface area contributed by atoms with Crippen molar-refractivity contribution in [2.75, 3.05) is 5.75 Å². The van der Waals surface area contributed by atoms with Crippen LogP contribution in [0.4, 0.5) is 8.78 Å². The Balaban J connectivity index is 1.57. The molecule has 4 aromatic rings. The number of thioether (sulfide) groups is 1. The van der Waals surface area contributed by atoms with Gasteiger partial charge in [-0.15, -0.1) is 0 Å². The van der Waals surface area contributed by atoms with Gasteiger partial charge in [-0.3, -0.25) is 19.3 Å². The molecule has 4 rings (SSSR count). The van der Waals surface area contributed by atoms with Gasteiger partial charge in [0.15, 0.2) is 22.4 Å². The second-order valence-corrected chi connectivity index (χ2v) is 7.76. The summed E-state index contributed by atoms with van der Waals surface area (Å²) in [4.78, 5) is 29.6. The number of aryl methyl sites for hydroxylation is 1. The van der Waals surface area contributed by atoms with Crippen LogP contribution in [0.2, 0.25) is 0 Å². The van der Waals surface area contributed by atoms with Crippen LogP contribution in [0, 0.1) is 18.6 Å². The van der Waals surface area contributed by atoms with E-state index in [1.54, 1.807) is 0 Å². The average Bonchev–Trinajstić information content (AvgIpc) is 3.23. The highest BCUT2D eigenvalue weighted by Crippen LogP contribution is 2.21. The molecule has 0 unspecified atom stereocenters. The van der Waals surface area contributed by atoms with Gasteiger partial charge >= 0.3 is 0 Å². The maximum Gasteiger partial charge on any atom is 0.269 e. The summed E-state index contributed by atoms with van der Waals surface area (Å²) in [5.74, 6) is -2.41. The molecule has 7 nitrogen and oxygen atoms in total. The molecular weight excluding hydrogens is 424 g/mol. The Morgan fingerprint density at radius 2 is 1.94 bits per heavy atom. The number of hydrogen-bond donors (Lipinski definition) is 2. The maximum atomic E-state index is 13.8. The fraction of sp³-hybridized carbons (Fsp3) is 0.143. The number of carbonyl (C=O) groups excluding carboxylic acids is 1. The van der Waals surface area contributed by atoms with E-state index in [0.717, 1.165) is 39.6 Å². The topological polar surface area (TPSA) is 92.7 Å². The number of carbonyl (C=O) groups is 1. The molecular formula is C21H17F2N5O2S. The van der Waals surface area contributed by atoms with Gasteiger partial charge in [0.2, 0.25) is 5.91 Å². The molecule has 2 N–H and O–H groups in total. The monoisotopic (exact) mass is 441 g/mol. The van der Waals surface area contributed by atoms with Crippen molar-refractivity contribution < 1.29 is 13.6 Å². The highest BCUT2D eigenvalue weighted by molar-refractivity contribution is 7.99. The van der Waals surface area contributed by atoms with Crippen LogP contribution >= 0.6 is 11.8 Å². The van der Waals surface area contributed by atoms with E-state index >= 15 is 0 Å². The van der Waals surface area contributed by atoms with Crippen LogP contribution in [0.1, 0.15) is 11.1 Å². The summed E-state index contributed by atoms with van der Waals surface area (Å²) < 4.78 is 28.3. The predicted octanol–water partition coefficient (Wildman–Crippen LogP) is 3.10. The minimum absolute atomic E-state index is 0.0262. The number of H-pyrrole nitrogens is 1. The van der Waals surface area contributed by atoms with Crippen molar-refractivity contribution in [2.45, 2.75) is 18.6 Å². The molecule has 0 atom stereocenters. The first kappa shape index (κ1) is 20.7. The van der Waals surface area contributed by atoms with Crippen LogP contribution in [0.15, 0.2) is 58.6 Å². The number of hydrogen-bond acceptors (Lipinski definition) is 5. The summed E-state index contributed by atoms with van der Waals surface area (Å²) >= 11 is 1.01. The lowest BCUT2D eigenvalue weighted by atomic mass is 10.1. The van der Waals surface area contributed by atoms with Gasteiger partial charge in [0, 0.05) is 12.6 Å². The molecule has 2 aromatic heterocycles. The number of rotatable bonds is 6. The summed E-state index contributed by atoms with van der Waals surface area (Å²) in [6.07, 6.45) is 1.31. The Bertz CT molecular complexity index is 1320. The number of benzene rings is 2. The quantitative estimate of drug-likeness (QED) is 0.354. The number of nitrogens with zero attached hydrogens (tertiary/aromatic N) is 3. The normalized spacial score (nSPS) is 11.1. The third-order valence-electron chi connectivity index (χ3n) is 4.56. The van der Waals surface area contributed by atoms with Gasteiger partial charge in [-0.05, 0) is 24.6 Å². The fourth-order valence-corrected chi connectivity index (χ4v) is 3.75. The molecule has 31 heavy (non-hydrogen) atoms. The highest BCUT2D eigenvalue weighted by Gasteiger charge is 2.17. The predicted molar refractivity (Wildman–Crippen MR) is 113 cm³/mol. The fourth-order valence-electron chi connectivity index (χ4n) is 2.91. The Kier molecular flexibility index (Phi) is 5.81. The molecule has 158 valence electrons. The van der Waals surface area contributed by atoms with Gasteiger partial charge in [-0.25, -0.2) is 13.8 Å². The molecule has 0 saturated carbocycles. The van der Waals surface area contributed by atoms with Crippen molar-refractivity contribution in [3.8, 4) is 5.69 Å². The highest BCUT2D eigenvalue weighted by atomic mass is 32.2. The van der Waals surface area contributed by atoms with Crippen molar-refractivity contribution in [1.82, 2.24) is 25.1 Å². The lowest BCUT2D eigenvalue weighted by molar-refractivity contribution is -0.118. The SMILES string of the molecule is Cc1ccc(CNC(=O)CSc2nc3[nH]ncc3c(=O)n2-c2ccc(F)c(F)c2)cc1. The number of amides is 1. The molecule has 0 bridgehead atoms. The summed E-state index contributed by atoms with van der Waals surface area (Å²) in [5.41, 5.74) is 1.92. The van der Waals surface area contributed by atoms with E-state index in [4.69, 9.17) is 0 Å². The Hall–Kier alpha value is -3.53. The van der Waals surface area contributed by atoms with Crippen molar-refractivity contribution in [3.63, 3.8) is 0 Å². The number of aromatic amines is 1. The van der Waals surface area contributed by atoms with E-state index in [9.17, 15) is 18.4 Å². The minimum atomic E-state index is -1.09. The van der Waals surface area contributed by atoms with Crippen LogP contribution in [0.5, 0.6) is 0 Å². The zero-order valence-electron chi connectivity index (χ0n) is 16.4. The summed E-state index contributed by atoms with van der Waals surface area (Å²) in [7, 11) is 0. The van der Waals surface area contributed by atoms with Crippen LogP contribution in [-0.4, -0.2) is 31.4 Å². The number of nitrogens with one attached hydrogen (secondary N) is 2. The van der Waals surface area contributed by atoms with Crippen LogP contribution in [0.3, 0.4) is 0 Å². The molecule has 1 amide bonds. The molecule has 0 saturated heterocycles. The van der Waals surface area contributed by atoms with Crippen LogP contribution in [-0.2, 0) is 11.3 Å². The summed E-state index contributed by atoms with van der Waals surface area (Å²) in [5, 5.41) is 9.58. The first-order valence-electron chi connectivity index (χ1n) is 9.29. The molecule has 10 heteroatoms. The Morgan fingerprint density at radius 3 is 2.68 bits per heavy atom. The van der Waals surface area contributed by atoms with E-state index in [1.165, 1.54) is 12.3 Å². The van der Waals surface area contributed by atoms with Crippen molar-refractivity contribution >= 4 is 28.7 Å². The first-order chi connectivity index (χ1) is 14.9. The first-order valence-corrected chi connectivity index (χ1v) is 10.3. The largest absolute Gasteiger partial charge is 0.351 e. The molecule has 0 aliphatic rings. The van der Waals surface area contributed by atoms with E-state index in [-0.39, 0.29) is 33.5 Å². The molecule has 2 aromatic carbocycles. The average molecular weight is 441 g/mol. The molecule has 0 aliphatic carbocycles. The third kappa shape index (κ3) is 4.48. The molecule has 0 fully saturated rings. The van der Waals surface area contributed by atoms with Gasteiger partial charge < -0.3 is 5.32 Å². The zero-order chi connectivity index (χ0) is 22.0. The van der Waals surface area contributed by atoms with Crippen molar-refractivity contribution in [3.05, 3.63) is 81.8 Å². The molecule has 0 aliphatic heterocycles. The Labute approximate surface area is 179 Å². The summed E-state index contributed by atoms with van der Waals surface area (Å²) in [6.45, 7) is 2.34. The van der Waals surface area contributed by atoms with Crippen molar-refractivity contribution in [1.29, 1.82) is 0 Å².